The zero-order chi connectivity index (χ0) is 24.8. The third-order valence-electron chi connectivity index (χ3n) is 7.96. The lowest BCUT2D eigenvalue weighted by Crippen LogP contribution is -2.61. The summed E-state index contributed by atoms with van der Waals surface area (Å²) in [6.45, 7) is 12.7. The van der Waals surface area contributed by atoms with Crippen molar-refractivity contribution in [3.63, 3.8) is 0 Å². The first-order valence-electron chi connectivity index (χ1n) is 13.1. The number of ether oxygens (including phenoxy) is 1. The predicted molar refractivity (Wildman–Crippen MR) is 138 cm³/mol. The Morgan fingerprint density at radius 3 is 2.69 bits per heavy atom. The van der Waals surface area contributed by atoms with Crippen LogP contribution in [0.3, 0.4) is 0 Å². The number of pyridine rings is 1. The number of rotatable bonds is 7. The predicted octanol–water partition coefficient (Wildman–Crippen LogP) is 3.23. The Labute approximate surface area is 214 Å². The number of halogens is 2. The van der Waals surface area contributed by atoms with Crippen LogP contribution in [-0.2, 0) is 20.9 Å². The molecule has 36 heavy (non-hydrogen) atoms. The van der Waals surface area contributed by atoms with E-state index in [0.29, 0.717) is 18.3 Å². The van der Waals surface area contributed by atoms with Gasteiger partial charge < -0.3 is 15.0 Å². The number of carbonyl (C=O) groups excluding carboxylic acids is 1. The third kappa shape index (κ3) is 5.90. The van der Waals surface area contributed by atoms with Crippen LogP contribution in [-0.4, -0.2) is 91.8 Å². The molecule has 4 aliphatic rings. The van der Waals surface area contributed by atoms with Crippen molar-refractivity contribution < 1.29 is 18.3 Å². The Hall–Kier alpha value is -1.68. The minimum absolute atomic E-state index is 0. The highest BCUT2D eigenvalue weighted by atomic mass is 19.3. The van der Waals surface area contributed by atoms with Crippen LogP contribution in [0.15, 0.2) is 12.3 Å². The number of fused-ring (bicyclic) bond motifs is 1. The first-order chi connectivity index (χ1) is 16.6. The van der Waals surface area contributed by atoms with Crippen LogP contribution in [0.4, 0.5) is 14.5 Å². The van der Waals surface area contributed by atoms with Crippen molar-refractivity contribution >= 4 is 11.6 Å². The molecule has 3 aliphatic heterocycles. The molecule has 0 bridgehead atoms. The minimum Gasteiger partial charge on any atom is -0.379 e. The molecule has 3 fully saturated rings. The second-order valence-electron chi connectivity index (χ2n) is 11.6. The number of alkyl halides is 2. The number of amides is 1. The first-order valence-corrected chi connectivity index (χ1v) is 13.1. The number of piperazine rings is 1. The summed E-state index contributed by atoms with van der Waals surface area (Å²) in [6, 6.07) is 2.04. The molecule has 1 aromatic rings. The van der Waals surface area contributed by atoms with Gasteiger partial charge in [-0.3, -0.25) is 19.6 Å². The van der Waals surface area contributed by atoms with Gasteiger partial charge >= 0.3 is 0 Å². The molecular formula is C27H43F2N5O2. The van der Waals surface area contributed by atoms with Gasteiger partial charge in [-0.15, -0.1) is 0 Å². The zero-order valence-corrected chi connectivity index (χ0v) is 21.2. The van der Waals surface area contributed by atoms with E-state index in [0.717, 1.165) is 64.5 Å². The van der Waals surface area contributed by atoms with Gasteiger partial charge in [0, 0.05) is 74.9 Å². The number of hydrogen-bond donors (Lipinski definition) is 1. The van der Waals surface area contributed by atoms with E-state index in [1.165, 1.54) is 12.3 Å². The standard InChI is InChI=1S/C26H39F2N5O2.CH4/c1-18-14-32(21(13-29-18)15-31-6-8-35-9-7-31)16-23(34)33-17-25(2,3)24-22(33)10-20(12-30-24)26(27,28)11-19-4-5-19;/h10,12,18-19,21,29H,4-9,11,13-17H2,1-3H3;1H4/t18-,21-;/m1./s1. The Balaban J connectivity index is 0.00000304. The highest BCUT2D eigenvalue weighted by Gasteiger charge is 2.44. The molecule has 0 aromatic carbocycles. The van der Waals surface area contributed by atoms with Gasteiger partial charge in [0.2, 0.25) is 5.91 Å². The molecule has 9 heteroatoms. The van der Waals surface area contributed by atoms with Crippen LogP contribution >= 0.6 is 0 Å². The molecule has 1 aliphatic carbocycles. The quantitative estimate of drug-likeness (QED) is 0.612. The molecule has 4 heterocycles. The van der Waals surface area contributed by atoms with Crippen molar-refractivity contribution in [2.24, 2.45) is 5.92 Å². The Kier molecular flexibility index (Phi) is 8.05. The van der Waals surface area contributed by atoms with Gasteiger partial charge in [-0.05, 0) is 31.7 Å². The largest absolute Gasteiger partial charge is 0.379 e. The van der Waals surface area contributed by atoms with E-state index in [2.05, 4.69) is 27.0 Å². The molecular weight excluding hydrogens is 464 g/mol. The van der Waals surface area contributed by atoms with E-state index in [-0.39, 0.29) is 49.2 Å². The van der Waals surface area contributed by atoms with Crippen LogP contribution in [0.1, 0.15) is 58.7 Å². The number of nitrogens with zero attached hydrogens (tertiary/aromatic N) is 4. The first kappa shape index (κ1) is 27.4. The van der Waals surface area contributed by atoms with E-state index < -0.39 is 5.92 Å². The number of hydrogen-bond acceptors (Lipinski definition) is 6. The fraction of sp³-hybridized carbons (Fsp3) is 0.778. The molecule has 7 nitrogen and oxygen atoms in total. The number of nitrogens with one attached hydrogen (secondary N) is 1. The summed E-state index contributed by atoms with van der Waals surface area (Å²) in [5.41, 5.74) is 0.843. The van der Waals surface area contributed by atoms with Crippen LogP contribution in [0.25, 0.3) is 0 Å². The lowest BCUT2D eigenvalue weighted by atomic mass is 9.91. The molecule has 202 valence electrons. The molecule has 1 aromatic heterocycles. The molecule has 0 spiro atoms. The number of carbonyl (C=O) groups is 1. The Morgan fingerprint density at radius 2 is 2.00 bits per heavy atom. The van der Waals surface area contributed by atoms with E-state index >= 15 is 0 Å². The monoisotopic (exact) mass is 507 g/mol. The second-order valence-corrected chi connectivity index (χ2v) is 11.6. The van der Waals surface area contributed by atoms with Crippen molar-refractivity contribution in [2.75, 3.05) is 63.9 Å². The molecule has 0 unspecified atom stereocenters. The van der Waals surface area contributed by atoms with Gasteiger partial charge in [0.15, 0.2) is 0 Å². The zero-order valence-electron chi connectivity index (χ0n) is 21.2. The Morgan fingerprint density at radius 1 is 1.28 bits per heavy atom. The Bertz CT molecular complexity index is 933. The lowest BCUT2D eigenvalue weighted by molar-refractivity contribution is -0.121. The summed E-state index contributed by atoms with van der Waals surface area (Å²) >= 11 is 0. The maximum absolute atomic E-state index is 15.0. The lowest BCUT2D eigenvalue weighted by Gasteiger charge is -2.42. The summed E-state index contributed by atoms with van der Waals surface area (Å²) in [5, 5.41) is 3.55. The summed E-state index contributed by atoms with van der Waals surface area (Å²) in [7, 11) is 0. The van der Waals surface area contributed by atoms with Crippen molar-refractivity contribution in [2.45, 2.75) is 70.9 Å². The van der Waals surface area contributed by atoms with Crippen LogP contribution in [0.2, 0.25) is 0 Å². The van der Waals surface area contributed by atoms with Crippen molar-refractivity contribution in [1.29, 1.82) is 0 Å². The second kappa shape index (κ2) is 10.6. The van der Waals surface area contributed by atoms with E-state index in [9.17, 15) is 13.6 Å². The third-order valence-corrected chi connectivity index (χ3v) is 7.96. The van der Waals surface area contributed by atoms with Crippen molar-refractivity contribution in [1.82, 2.24) is 20.1 Å². The maximum Gasteiger partial charge on any atom is 0.275 e. The summed E-state index contributed by atoms with van der Waals surface area (Å²) in [5.74, 6) is -2.85. The van der Waals surface area contributed by atoms with Crippen LogP contribution in [0.5, 0.6) is 0 Å². The smallest absolute Gasteiger partial charge is 0.275 e. The normalized spacial score (nSPS) is 27.0. The van der Waals surface area contributed by atoms with Gasteiger partial charge in [0.1, 0.15) is 0 Å². The van der Waals surface area contributed by atoms with E-state index in [4.69, 9.17) is 4.74 Å². The minimum atomic E-state index is -2.91. The fourth-order valence-electron chi connectivity index (χ4n) is 5.71. The average molecular weight is 508 g/mol. The molecule has 1 saturated carbocycles. The van der Waals surface area contributed by atoms with Gasteiger partial charge in [0.05, 0.1) is 31.1 Å². The maximum atomic E-state index is 15.0. The summed E-state index contributed by atoms with van der Waals surface area (Å²) < 4.78 is 35.4. The van der Waals surface area contributed by atoms with Crippen molar-refractivity contribution in [3.8, 4) is 0 Å². The van der Waals surface area contributed by atoms with Crippen molar-refractivity contribution in [3.05, 3.63) is 23.5 Å². The molecule has 2 atom stereocenters. The van der Waals surface area contributed by atoms with Gasteiger partial charge in [0.25, 0.3) is 5.92 Å². The molecule has 1 N–H and O–H groups in total. The molecule has 2 saturated heterocycles. The van der Waals surface area contributed by atoms with Gasteiger partial charge in [-0.25, -0.2) is 8.78 Å². The highest BCUT2D eigenvalue weighted by molar-refractivity contribution is 5.97. The topological polar surface area (TPSA) is 60.9 Å². The summed E-state index contributed by atoms with van der Waals surface area (Å²) in [6.07, 6.45) is 2.95. The highest BCUT2D eigenvalue weighted by Crippen LogP contribution is 2.46. The molecule has 1 amide bonds. The van der Waals surface area contributed by atoms with Crippen LogP contribution in [0, 0.1) is 5.92 Å². The molecule has 5 rings (SSSR count). The fourth-order valence-corrected chi connectivity index (χ4v) is 5.71. The number of anilines is 1. The van der Waals surface area contributed by atoms with Crippen LogP contribution < -0.4 is 10.2 Å². The van der Waals surface area contributed by atoms with E-state index in [1.54, 1.807) is 4.90 Å². The number of aromatic nitrogens is 1. The average Bonchev–Trinajstić information content (AvgIpc) is 3.58. The van der Waals surface area contributed by atoms with Gasteiger partial charge in [-0.2, -0.15) is 0 Å². The molecule has 0 radical (unpaired) electrons. The summed E-state index contributed by atoms with van der Waals surface area (Å²) in [4.78, 5) is 24.5. The SMILES string of the molecule is C.C[C@@H]1CN(CC(=O)N2CC(C)(C)c3ncc(C(F)(F)CC4CC4)cc32)[C@@H](CN2CCOCC2)CN1. The number of morpholine rings is 1. The van der Waals surface area contributed by atoms with E-state index in [1.807, 2.05) is 13.8 Å². The van der Waals surface area contributed by atoms with Gasteiger partial charge in [-0.1, -0.05) is 21.3 Å².